The number of Topliss-reactive ketones (excluding diaryl/α,β-unsaturated/α-hetero) is 1. The average molecular weight is 831 g/mol. The van der Waals surface area contributed by atoms with Crippen molar-refractivity contribution in [1.29, 1.82) is 0 Å². The summed E-state index contributed by atoms with van der Waals surface area (Å²) >= 11 is 0. The van der Waals surface area contributed by atoms with Crippen LogP contribution in [0.5, 0.6) is 5.75 Å². The van der Waals surface area contributed by atoms with Gasteiger partial charge >= 0.3 is 0 Å². The van der Waals surface area contributed by atoms with E-state index in [2.05, 4.69) is 61.0 Å². The van der Waals surface area contributed by atoms with Gasteiger partial charge in [0.2, 0.25) is 23.6 Å². The number of carbonyl (C=O) groups is 5. The van der Waals surface area contributed by atoms with Gasteiger partial charge in [-0.05, 0) is 79.1 Å². The standard InChI is InChI=1S/C45H60N4O7Si.H2S/c1-7-45(6)43(55)47-37(30-32-25-27-33(50)28-26-32)42(54)49-29-17-23-38(49)41(53)46-36(40(52)48-45)22-15-10-16-24-39(51)31(2)56-57(44(3,4)5,34-18-11-8-12-19-34)35-20-13-9-14-21-35;/h8-9,11-14,18-21,25-28,31,36-38,50H,7,10,15-17,22-24,29-30H2,1-6H3,(H,46,53)(H,47,55)(H,48,52);1H2/t31-,36+,37+,38-,45+;/m1./s1. The highest BCUT2D eigenvalue weighted by atomic mass is 32.1. The van der Waals surface area contributed by atoms with Crippen LogP contribution in [-0.4, -0.2) is 84.0 Å². The summed E-state index contributed by atoms with van der Waals surface area (Å²) in [7, 11) is -2.91. The fourth-order valence-electron chi connectivity index (χ4n) is 8.14. The minimum Gasteiger partial charge on any atom is -0.508 e. The first-order chi connectivity index (χ1) is 27.1. The van der Waals surface area contributed by atoms with Gasteiger partial charge in [-0.25, -0.2) is 0 Å². The normalized spacial score (nSPS) is 22.3. The van der Waals surface area contributed by atoms with Crippen molar-refractivity contribution in [3.8, 4) is 5.75 Å². The van der Waals surface area contributed by atoms with Gasteiger partial charge in [-0.2, -0.15) is 13.5 Å². The maximum Gasteiger partial charge on any atom is 0.262 e. The quantitative estimate of drug-likeness (QED) is 0.135. The van der Waals surface area contributed by atoms with E-state index in [1.165, 1.54) is 17.0 Å². The number of amides is 4. The number of ketones is 1. The van der Waals surface area contributed by atoms with Crippen molar-refractivity contribution in [2.45, 2.75) is 134 Å². The fourth-order valence-corrected chi connectivity index (χ4v) is 12.8. The zero-order valence-corrected chi connectivity index (χ0v) is 36.8. The number of benzene rings is 3. The zero-order valence-electron chi connectivity index (χ0n) is 34.8. The van der Waals surface area contributed by atoms with Gasteiger partial charge in [0.15, 0.2) is 5.78 Å². The summed E-state index contributed by atoms with van der Waals surface area (Å²) in [5.74, 6) is -1.64. The summed E-state index contributed by atoms with van der Waals surface area (Å²) in [6, 6.07) is 24.2. The molecule has 0 spiro atoms. The van der Waals surface area contributed by atoms with Gasteiger partial charge in [0.25, 0.3) is 8.32 Å². The largest absolute Gasteiger partial charge is 0.508 e. The van der Waals surface area contributed by atoms with Gasteiger partial charge in [0.1, 0.15) is 35.5 Å². The van der Waals surface area contributed by atoms with Crippen LogP contribution in [-0.2, 0) is 34.8 Å². The van der Waals surface area contributed by atoms with E-state index in [0.29, 0.717) is 51.5 Å². The molecule has 0 saturated carbocycles. The average Bonchev–Trinajstić information content (AvgIpc) is 3.69. The van der Waals surface area contributed by atoms with Crippen molar-refractivity contribution >= 4 is 61.6 Å². The summed E-state index contributed by atoms with van der Waals surface area (Å²) < 4.78 is 7.02. The Kier molecular flexibility index (Phi) is 15.9. The topological polar surface area (TPSA) is 154 Å². The molecule has 11 nitrogen and oxygen atoms in total. The molecule has 58 heavy (non-hydrogen) atoms. The second-order valence-corrected chi connectivity index (χ2v) is 21.1. The summed E-state index contributed by atoms with van der Waals surface area (Å²) in [6.07, 6.45) is 3.18. The van der Waals surface area contributed by atoms with Crippen LogP contribution < -0.4 is 26.3 Å². The minimum atomic E-state index is -2.91. The van der Waals surface area contributed by atoms with Crippen molar-refractivity contribution in [3.63, 3.8) is 0 Å². The molecule has 0 radical (unpaired) electrons. The highest BCUT2D eigenvalue weighted by Gasteiger charge is 2.51. The van der Waals surface area contributed by atoms with Crippen LogP contribution in [0.15, 0.2) is 84.9 Å². The number of phenolic OH excluding ortho intramolecular Hbond substituents is 1. The van der Waals surface area contributed by atoms with Crippen LogP contribution >= 0.6 is 13.5 Å². The molecule has 2 fully saturated rings. The Morgan fingerprint density at radius 3 is 2.05 bits per heavy atom. The third kappa shape index (κ3) is 10.6. The number of aromatic hydroxyl groups is 1. The molecule has 13 heteroatoms. The molecule has 4 N–H and O–H groups in total. The molecule has 2 aliphatic heterocycles. The maximum atomic E-state index is 14.0. The van der Waals surface area contributed by atoms with Crippen LogP contribution in [0.3, 0.4) is 0 Å². The van der Waals surface area contributed by atoms with E-state index in [0.717, 1.165) is 15.9 Å². The zero-order chi connectivity index (χ0) is 41.4. The molecule has 3 aromatic carbocycles. The van der Waals surface area contributed by atoms with Crippen molar-refractivity contribution in [3.05, 3.63) is 90.5 Å². The van der Waals surface area contributed by atoms with E-state index in [1.54, 1.807) is 26.0 Å². The first-order valence-corrected chi connectivity index (χ1v) is 22.3. The highest BCUT2D eigenvalue weighted by molar-refractivity contribution is 7.59. The molecular weight excluding hydrogens is 769 g/mol. The second-order valence-electron chi connectivity index (χ2n) is 16.8. The van der Waals surface area contributed by atoms with Crippen molar-refractivity contribution < 1.29 is 33.5 Å². The molecule has 314 valence electrons. The third-order valence-electron chi connectivity index (χ3n) is 11.7. The SMILES string of the molecule is CC[C@]1(C)NC(=O)[C@H](CCCCCC(=O)[C@@H](C)O[Si](c2ccccc2)(c2ccccc2)C(C)(C)C)NC(=O)[C@H]2CCCN2C(=O)[C@H](Cc2ccc(O)cc2)NC1=O.S. The number of rotatable bonds is 14. The second kappa shape index (κ2) is 20.0. The van der Waals surface area contributed by atoms with Gasteiger partial charge in [-0.15, -0.1) is 0 Å². The molecule has 0 aromatic heterocycles. The Morgan fingerprint density at radius 1 is 0.879 bits per heavy atom. The predicted octanol–water partition coefficient (Wildman–Crippen LogP) is 4.79. The Morgan fingerprint density at radius 2 is 1.48 bits per heavy atom. The molecular formula is C45H62N4O7SSi. The van der Waals surface area contributed by atoms with Crippen molar-refractivity contribution in [2.24, 2.45) is 0 Å². The van der Waals surface area contributed by atoms with E-state index in [9.17, 15) is 29.1 Å². The lowest BCUT2D eigenvalue weighted by Crippen LogP contribution is -2.68. The van der Waals surface area contributed by atoms with E-state index in [4.69, 9.17) is 4.43 Å². The predicted molar refractivity (Wildman–Crippen MR) is 234 cm³/mol. The van der Waals surface area contributed by atoms with Gasteiger partial charge < -0.3 is 30.4 Å². The van der Waals surface area contributed by atoms with Crippen LogP contribution in [0.4, 0.5) is 0 Å². The lowest BCUT2D eigenvalue weighted by Gasteiger charge is -2.44. The molecule has 2 saturated heterocycles. The van der Waals surface area contributed by atoms with Crippen LogP contribution in [0.2, 0.25) is 5.04 Å². The van der Waals surface area contributed by atoms with Crippen molar-refractivity contribution in [2.75, 3.05) is 6.54 Å². The van der Waals surface area contributed by atoms with Crippen LogP contribution in [0, 0.1) is 0 Å². The number of hydrogen-bond acceptors (Lipinski definition) is 7. The number of carbonyl (C=O) groups excluding carboxylic acids is 5. The Balaban J connectivity index is 0.00000744. The minimum absolute atomic E-state index is 0. The monoisotopic (exact) mass is 830 g/mol. The third-order valence-corrected chi connectivity index (χ3v) is 16.8. The molecule has 5 rings (SSSR count). The summed E-state index contributed by atoms with van der Waals surface area (Å²) in [5, 5.41) is 20.4. The molecule has 0 aliphatic carbocycles. The molecule has 4 amide bonds. The van der Waals surface area contributed by atoms with Crippen molar-refractivity contribution in [1.82, 2.24) is 20.9 Å². The fraction of sp³-hybridized carbons (Fsp3) is 0.489. The molecule has 3 aromatic rings. The molecule has 0 unspecified atom stereocenters. The molecule has 5 atom stereocenters. The van der Waals surface area contributed by atoms with Gasteiger partial charge in [-0.1, -0.05) is 113 Å². The summed E-state index contributed by atoms with van der Waals surface area (Å²) in [4.78, 5) is 70.8. The number of phenols is 1. The summed E-state index contributed by atoms with van der Waals surface area (Å²) in [6.45, 7) is 12.1. The number of fused-ring (bicyclic) bond motifs is 1. The number of unbranched alkanes of at least 4 members (excludes halogenated alkanes) is 2. The van der Waals surface area contributed by atoms with E-state index in [1.807, 2.05) is 43.3 Å². The Labute approximate surface area is 351 Å². The molecule has 0 bridgehead atoms. The van der Waals surface area contributed by atoms with E-state index < -0.39 is 55.8 Å². The van der Waals surface area contributed by atoms with Gasteiger partial charge in [-0.3, -0.25) is 24.0 Å². The van der Waals surface area contributed by atoms with E-state index in [-0.39, 0.29) is 48.8 Å². The van der Waals surface area contributed by atoms with Gasteiger partial charge in [0, 0.05) is 19.4 Å². The molecule has 2 heterocycles. The first kappa shape index (κ1) is 46.2. The first-order valence-electron chi connectivity index (χ1n) is 20.4. The van der Waals surface area contributed by atoms with E-state index >= 15 is 0 Å². The summed E-state index contributed by atoms with van der Waals surface area (Å²) in [5.41, 5.74) is -0.630. The highest BCUT2D eigenvalue weighted by Crippen LogP contribution is 2.37. The maximum absolute atomic E-state index is 14.0. The lowest BCUT2D eigenvalue weighted by molar-refractivity contribution is -0.144. The lowest BCUT2D eigenvalue weighted by atomic mass is 9.94. The van der Waals surface area contributed by atoms with Crippen LogP contribution in [0.25, 0.3) is 0 Å². The van der Waals surface area contributed by atoms with Gasteiger partial charge in [0.05, 0.1) is 0 Å². The smallest absolute Gasteiger partial charge is 0.262 e. The van der Waals surface area contributed by atoms with Crippen LogP contribution in [0.1, 0.15) is 98.5 Å². The number of nitrogens with one attached hydrogen (secondary N) is 3. The molecule has 2 aliphatic rings. The Hall–Kier alpha value is -4.46. The number of hydrogen-bond donors (Lipinski definition) is 4. The Bertz CT molecular complexity index is 1840. The number of nitrogens with zero attached hydrogens (tertiary/aromatic N) is 1.